The largest absolute Gasteiger partial charge is 0.481 e. The zero-order valence-corrected chi connectivity index (χ0v) is 42.7. The molecule has 0 aromatic carbocycles. The number of phosphoric ester groups is 3. The first-order valence-corrected chi connectivity index (χ1v) is 28.0. The van der Waals surface area contributed by atoms with Gasteiger partial charge in [-0.05, 0) is 38.5 Å². The van der Waals surface area contributed by atoms with Gasteiger partial charge in [0.05, 0.1) is 26.0 Å². The maximum absolute atomic E-state index is 12.7. The fourth-order valence-corrected chi connectivity index (χ4v) is 10.1. The van der Waals surface area contributed by atoms with Crippen molar-refractivity contribution in [3.8, 4) is 0 Å². The maximum Gasteiger partial charge on any atom is 0.481 e. The maximum atomic E-state index is 12.7. The normalized spacial score (nSPS) is 20.0. The van der Waals surface area contributed by atoms with Gasteiger partial charge in [-0.25, -0.2) is 28.6 Å². The van der Waals surface area contributed by atoms with Crippen molar-refractivity contribution < 1.29 is 85.3 Å². The Morgan fingerprint density at radius 2 is 1.56 bits per heavy atom. The lowest BCUT2D eigenvalue weighted by Crippen LogP contribution is -2.46. The summed E-state index contributed by atoms with van der Waals surface area (Å²) in [4.78, 5) is 101. The Bertz CT molecular complexity index is 2260. The minimum absolute atomic E-state index is 0.0245. The number of nitrogens with two attached hydrogens (primary N) is 1. The van der Waals surface area contributed by atoms with E-state index in [1.54, 1.807) is 0 Å². The van der Waals surface area contributed by atoms with Crippen molar-refractivity contribution >= 4 is 74.9 Å². The number of phosphoric acid groups is 3. The first-order valence-electron chi connectivity index (χ1n) is 22.5. The number of anilines is 1. The van der Waals surface area contributed by atoms with Crippen LogP contribution < -0.4 is 16.4 Å². The molecule has 1 fully saturated rings. The molecule has 1 aliphatic heterocycles. The van der Waals surface area contributed by atoms with Crippen molar-refractivity contribution in [1.29, 1.82) is 0 Å². The number of ketones is 1. The van der Waals surface area contributed by atoms with Crippen LogP contribution in [0.1, 0.15) is 104 Å². The van der Waals surface area contributed by atoms with E-state index >= 15 is 0 Å². The van der Waals surface area contributed by atoms with Crippen LogP contribution >= 0.6 is 35.2 Å². The molecule has 2 aromatic heterocycles. The van der Waals surface area contributed by atoms with Gasteiger partial charge in [0.15, 0.2) is 22.8 Å². The number of rotatable bonds is 34. The molecule has 7 atom stereocenters. The molecule has 10 N–H and O–H groups in total. The number of aliphatic hydroxyl groups excluding tert-OH is 2. The van der Waals surface area contributed by atoms with Gasteiger partial charge in [-0.1, -0.05) is 88.3 Å². The molecule has 1 aliphatic rings. The minimum Gasteiger partial charge on any atom is -0.386 e. The molecule has 70 heavy (non-hydrogen) atoms. The van der Waals surface area contributed by atoms with Gasteiger partial charge in [0.25, 0.3) is 0 Å². The quantitative estimate of drug-likeness (QED) is 0.0205. The second-order valence-electron chi connectivity index (χ2n) is 16.6. The van der Waals surface area contributed by atoms with E-state index in [0.717, 1.165) is 86.8 Å². The Labute approximate surface area is 409 Å². The Hall–Kier alpha value is -3.55. The summed E-state index contributed by atoms with van der Waals surface area (Å²) in [7, 11) is -16.5. The number of hydrogen-bond donors (Lipinski definition) is 9. The number of aliphatic hydroxyl groups is 2. The average molecular weight is 1070 g/mol. The van der Waals surface area contributed by atoms with Gasteiger partial charge in [-0.15, -0.1) is 0 Å². The third kappa shape index (κ3) is 22.5. The number of nitrogens with one attached hydrogen (secondary N) is 2. The van der Waals surface area contributed by atoms with Gasteiger partial charge < -0.3 is 50.9 Å². The molecule has 0 spiro atoms. The first-order chi connectivity index (χ1) is 32.9. The topological polar surface area (TPSA) is 381 Å². The summed E-state index contributed by atoms with van der Waals surface area (Å²) in [6.45, 7) is 2.43. The van der Waals surface area contributed by atoms with Gasteiger partial charge in [-0.2, -0.15) is 4.31 Å². The Balaban J connectivity index is 1.30. The summed E-state index contributed by atoms with van der Waals surface area (Å²) in [5.74, 6) is -1.43. The summed E-state index contributed by atoms with van der Waals surface area (Å²) in [6.07, 6.45) is 14.9. The number of nitrogens with zero attached hydrogens (tertiary/aromatic N) is 4. The molecule has 3 heterocycles. The molecule has 2 unspecified atom stereocenters. The summed E-state index contributed by atoms with van der Waals surface area (Å²) in [6, 6.07) is 0. The van der Waals surface area contributed by atoms with Crippen LogP contribution in [0.5, 0.6) is 0 Å². The highest BCUT2D eigenvalue weighted by molar-refractivity contribution is 8.13. The van der Waals surface area contributed by atoms with E-state index < -0.39 is 84.6 Å². The zero-order chi connectivity index (χ0) is 52.0. The summed E-state index contributed by atoms with van der Waals surface area (Å²) >= 11 is 0.928. The van der Waals surface area contributed by atoms with Crippen LogP contribution in [0.3, 0.4) is 0 Å². The Morgan fingerprint density at radius 3 is 2.26 bits per heavy atom. The van der Waals surface area contributed by atoms with Crippen LogP contribution in [0.4, 0.5) is 5.82 Å². The number of imidazole rings is 1. The highest BCUT2D eigenvalue weighted by atomic mass is 32.2. The molecule has 0 radical (unpaired) electrons. The number of amides is 2. The SMILES string of the molecule is CC/C=C\C/C=C\C/C=C\CCCCCCCC(=O)CC(=O)SCCNC(=O)CCNC(=O)[C@H](O)C(C)(C)COP(=O)(O)OP(=O)(O)OC[C@H]1O[C@@H](n2cnc3c(N)ncnc32)[C@H](O)[C@@H]1OP(=O)(O)O. The molecule has 0 aliphatic carbocycles. The number of Topliss-reactive ketones (excluding diaryl/α,β-unsaturated/α-hetero) is 1. The summed E-state index contributed by atoms with van der Waals surface area (Å²) in [5, 5.41) is 26.2. The number of allylic oxidation sites excluding steroid dienone is 6. The van der Waals surface area contributed by atoms with E-state index in [1.165, 1.54) is 13.8 Å². The van der Waals surface area contributed by atoms with Gasteiger partial charge in [-0.3, -0.25) is 37.3 Å². The highest BCUT2D eigenvalue weighted by Gasteiger charge is 2.50. The van der Waals surface area contributed by atoms with E-state index in [9.17, 15) is 62.7 Å². The van der Waals surface area contributed by atoms with Crippen molar-refractivity contribution in [3.05, 3.63) is 49.1 Å². The predicted molar refractivity (Wildman–Crippen MR) is 256 cm³/mol. The number of unbranched alkanes of at least 4 members (excludes halogenated alkanes) is 5. The zero-order valence-electron chi connectivity index (χ0n) is 39.2. The predicted octanol–water partition coefficient (Wildman–Crippen LogP) is 4.21. The summed E-state index contributed by atoms with van der Waals surface area (Å²) in [5.41, 5.74) is 4.24. The first kappa shape index (κ1) is 60.8. The van der Waals surface area contributed by atoms with E-state index in [-0.39, 0.29) is 59.6 Å². The minimum atomic E-state index is -5.59. The van der Waals surface area contributed by atoms with Crippen molar-refractivity contribution in [2.75, 3.05) is 37.8 Å². The number of carbonyl (C=O) groups excluding carboxylic acids is 4. The number of fused-ring (bicyclic) bond motifs is 1. The van der Waals surface area contributed by atoms with Crippen LogP contribution in [-0.4, -0.2) is 128 Å². The fraction of sp³-hybridized carbons (Fsp3) is 0.634. The Morgan fingerprint density at radius 1 is 0.900 bits per heavy atom. The second kappa shape index (κ2) is 29.8. The van der Waals surface area contributed by atoms with Crippen LogP contribution in [0.15, 0.2) is 49.1 Å². The number of hydrogen-bond acceptors (Lipinski definition) is 19. The molecule has 25 nitrogen and oxygen atoms in total. The molecule has 0 bridgehead atoms. The van der Waals surface area contributed by atoms with Crippen LogP contribution in [-0.2, 0) is 55.5 Å². The van der Waals surface area contributed by atoms with Crippen molar-refractivity contribution in [1.82, 2.24) is 30.2 Å². The molecule has 1 saturated heterocycles. The van der Waals surface area contributed by atoms with E-state index in [2.05, 4.69) is 77.8 Å². The molecule has 394 valence electrons. The Kier molecular flexibility index (Phi) is 25.9. The monoisotopic (exact) mass is 1070 g/mol. The standard InChI is InChI=1S/C41H66N7O18P3S/c1-4-5-6-7-8-9-10-11-12-13-14-15-16-17-18-19-29(49)24-32(51)70-23-22-43-31(50)20-21-44-39(54)36(53)41(2,3)26-63-69(60,61)66-68(58,59)62-25-30-35(65-67(55,56)57)34(52)40(64-30)48-28-47-33-37(42)45-27-46-38(33)48/h5-6,8-9,11-12,27-28,30,34-36,40,52-53H,4,7,10,13-26H2,1-3H3,(H,43,50)(H,44,54)(H,58,59)(H,60,61)(H2,42,45,46)(H2,55,56,57)/b6-5-,9-8-,12-11-/t30-,34-,35-,36+,40-/m1/s1. The van der Waals surface area contributed by atoms with Crippen molar-refractivity contribution in [2.24, 2.45) is 5.41 Å². The highest BCUT2D eigenvalue weighted by Crippen LogP contribution is 2.61. The average Bonchev–Trinajstić information content (AvgIpc) is 3.84. The molecule has 2 aromatic rings. The van der Waals surface area contributed by atoms with Crippen molar-refractivity contribution in [2.45, 2.75) is 128 Å². The number of thioether (sulfide) groups is 1. The number of aromatic nitrogens is 4. The van der Waals surface area contributed by atoms with E-state index in [1.807, 2.05) is 0 Å². The molecule has 3 rings (SSSR count). The lowest BCUT2D eigenvalue weighted by Gasteiger charge is -2.30. The lowest BCUT2D eigenvalue weighted by molar-refractivity contribution is -0.137. The van der Waals surface area contributed by atoms with Crippen molar-refractivity contribution in [3.63, 3.8) is 0 Å². The van der Waals surface area contributed by atoms with Gasteiger partial charge in [0.1, 0.15) is 42.0 Å². The van der Waals surface area contributed by atoms with E-state index in [4.69, 9.17) is 19.5 Å². The molecule has 0 saturated carbocycles. The molecular weight excluding hydrogens is 1000 g/mol. The third-order valence-corrected chi connectivity index (χ3v) is 14.2. The van der Waals surface area contributed by atoms with Crippen LogP contribution in [0.2, 0.25) is 0 Å². The smallest absolute Gasteiger partial charge is 0.386 e. The number of nitrogen functional groups attached to an aromatic ring is 1. The molecule has 2 amide bonds. The van der Waals surface area contributed by atoms with Gasteiger partial charge in [0.2, 0.25) is 11.8 Å². The number of carbonyl (C=O) groups is 4. The summed E-state index contributed by atoms with van der Waals surface area (Å²) < 4.78 is 62.4. The lowest BCUT2D eigenvalue weighted by atomic mass is 9.87. The van der Waals surface area contributed by atoms with Gasteiger partial charge in [0, 0.05) is 37.1 Å². The van der Waals surface area contributed by atoms with Crippen LogP contribution in [0.25, 0.3) is 11.2 Å². The molecule has 29 heteroatoms. The third-order valence-electron chi connectivity index (χ3n) is 10.2. The second-order valence-corrected chi connectivity index (χ2v) is 22.0. The fourth-order valence-electron chi connectivity index (χ4n) is 6.54. The van der Waals surface area contributed by atoms with E-state index in [0.29, 0.717) is 6.42 Å². The van der Waals surface area contributed by atoms with Gasteiger partial charge >= 0.3 is 23.5 Å². The number of ether oxygens (including phenoxy) is 1. The van der Waals surface area contributed by atoms with Crippen LogP contribution in [0, 0.1) is 5.41 Å². The molecular formula is C41H66N7O18P3S.